The minimum Gasteiger partial charge on any atom is -0.468 e. The molecule has 14 heavy (non-hydrogen) atoms. The average molecular weight is 266 g/mol. The van der Waals surface area contributed by atoms with Gasteiger partial charge in [0.25, 0.3) is 0 Å². The van der Waals surface area contributed by atoms with Crippen LogP contribution in [-0.2, 0) is 14.3 Å². The Morgan fingerprint density at radius 2 is 2.36 bits per heavy atom. The Kier molecular flexibility index (Phi) is 4.34. The van der Waals surface area contributed by atoms with Crippen molar-refractivity contribution in [1.29, 1.82) is 0 Å². The molecule has 0 aromatic heterocycles. The fourth-order valence-corrected chi connectivity index (χ4v) is 1.68. The van der Waals surface area contributed by atoms with Gasteiger partial charge in [0, 0.05) is 18.5 Å². The molecule has 0 aromatic carbocycles. The molecule has 1 aliphatic heterocycles. The fraction of sp³-hybridized carbons (Fsp3) is 0.889. The number of hydrogen-bond acceptors (Lipinski definition) is 4. The van der Waals surface area contributed by atoms with Crippen LogP contribution in [0.4, 0.5) is 0 Å². The minimum absolute atomic E-state index is 0.239. The Morgan fingerprint density at radius 3 is 2.79 bits per heavy atom. The van der Waals surface area contributed by atoms with E-state index in [0.29, 0.717) is 6.54 Å². The summed E-state index contributed by atoms with van der Waals surface area (Å²) >= 11 is 3.24. The number of carbonyl (C=O) groups is 1. The second-order valence-electron chi connectivity index (χ2n) is 3.93. The fourth-order valence-electron chi connectivity index (χ4n) is 1.26. The van der Waals surface area contributed by atoms with E-state index in [0.717, 1.165) is 19.8 Å². The predicted molar refractivity (Wildman–Crippen MR) is 56.5 cm³/mol. The minimum atomic E-state index is -0.267. The van der Waals surface area contributed by atoms with E-state index in [1.807, 2.05) is 0 Å². The van der Waals surface area contributed by atoms with Gasteiger partial charge in [-0.15, -0.1) is 0 Å². The van der Waals surface area contributed by atoms with Gasteiger partial charge in [0.05, 0.1) is 20.3 Å². The lowest BCUT2D eigenvalue weighted by molar-refractivity contribution is -0.139. The normalized spacial score (nSPS) is 21.1. The summed E-state index contributed by atoms with van der Waals surface area (Å²) in [7, 11) is 1.39. The smallest absolute Gasteiger partial charge is 0.320 e. The molecular weight excluding hydrogens is 250 g/mol. The lowest BCUT2D eigenvalue weighted by atomic mass is 9.89. The van der Waals surface area contributed by atoms with Crippen LogP contribution in [0.1, 0.15) is 6.92 Å². The van der Waals surface area contributed by atoms with Crippen molar-refractivity contribution < 1.29 is 14.3 Å². The van der Waals surface area contributed by atoms with Crippen LogP contribution in [0.15, 0.2) is 0 Å². The van der Waals surface area contributed by atoms with Gasteiger partial charge in [0.1, 0.15) is 4.83 Å². The first-order chi connectivity index (χ1) is 6.57. The molecule has 1 N–H and O–H groups in total. The van der Waals surface area contributed by atoms with Gasteiger partial charge >= 0.3 is 5.97 Å². The van der Waals surface area contributed by atoms with Crippen molar-refractivity contribution in [2.45, 2.75) is 11.8 Å². The SMILES string of the molecule is COC(=O)C(Br)CNCC1(C)COC1. The van der Waals surface area contributed by atoms with Gasteiger partial charge in [-0.1, -0.05) is 22.9 Å². The quantitative estimate of drug-likeness (QED) is 0.583. The second-order valence-corrected chi connectivity index (χ2v) is 5.03. The molecule has 0 bridgehead atoms. The number of methoxy groups -OCH3 is 1. The summed E-state index contributed by atoms with van der Waals surface area (Å²) in [5.41, 5.74) is 0.239. The van der Waals surface area contributed by atoms with Crippen LogP contribution >= 0.6 is 15.9 Å². The first kappa shape index (κ1) is 11.9. The number of carbonyl (C=O) groups excluding carboxylic acids is 1. The third-order valence-electron chi connectivity index (χ3n) is 2.23. The molecule has 1 rings (SSSR count). The molecule has 0 saturated carbocycles. The summed E-state index contributed by atoms with van der Waals surface area (Å²) in [6.45, 7) is 5.20. The Morgan fingerprint density at radius 1 is 1.71 bits per heavy atom. The Hall–Kier alpha value is -0.130. The molecule has 5 heteroatoms. The maximum absolute atomic E-state index is 11.0. The zero-order valence-corrected chi connectivity index (χ0v) is 10.1. The second kappa shape index (κ2) is 5.09. The topological polar surface area (TPSA) is 47.6 Å². The van der Waals surface area contributed by atoms with Gasteiger partial charge in [0.15, 0.2) is 0 Å². The van der Waals surface area contributed by atoms with Crippen LogP contribution in [0, 0.1) is 5.41 Å². The first-order valence-electron chi connectivity index (χ1n) is 4.58. The lowest BCUT2D eigenvalue weighted by Gasteiger charge is -2.38. The molecule has 1 aliphatic rings. The van der Waals surface area contributed by atoms with Crippen LogP contribution in [-0.4, -0.2) is 44.2 Å². The highest BCUT2D eigenvalue weighted by molar-refractivity contribution is 9.10. The monoisotopic (exact) mass is 265 g/mol. The Balaban J connectivity index is 2.11. The molecule has 82 valence electrons. The number of nitrogens with one attached hydrogen (secondary N) is 1. The average Bonchev–Trinajstić information content (AvgIpc) is 2.13. The molecule has 1 heterocycles. The highest BCUT2D eigenvalue weighted by Gasteiger charge is 2.33. The zero-order valence-electron chi connectivity index (χ0n) is 8.51. The summed E-state index contributed by atoms with van der Waals surface area (Å²) in [4.78, 5) is 10.8. The van der Waals surface area contributed by atoms with Crippen molar-refractivity contribution in [3.05, 3.63) is 0 Å². The number of hydrogen-bond donors (Lipinski definition) is 1. The van der Waals surface area contributed by atoms with Crippen molar-refractivity contribution in [1.82, 2.24) is 5.32 Å². The Labute approximate surface area is 92.5 Å². The van der Waals surface area contributed by atoms with Crippen molar-refractivity contribution in [3.8, 4) is 0 Å². The van der Waals surface area contributed by atoms with Crippen molar-refractivity contribution in [2.24, 2.45) is 5.41 Å². The van der Waals surface area contributed by atoms with Gasteiger partial charge in [-0.3, -0.25) is 4.79 Å². The molecule has 0 amide bonds. The molecule has 1 saturated heterocycles. The molecule has 0 aliphatic carbocycles. The molecular formula is C9H16BrNO3. The van der Waals surface area contributed by atoms with Crippen LogP contribution in [0.3, 0.4) is 0 Å². The van der Waals surface area contributed by atoms with E-state index in [9.17, 15) is 4.79 Å². The molecule has 1 atom stereocenters. The van der Waals surface area contributed by atoms with Crippen LogP contribution < -0.4 is 5.32 Å². The third kappa shape index (κ3) is 3.22. The van der Waals surface area contributed by atoms with Gasteiger partial charge < -0.3 is 14.8 Å². The van der Waals surface area contributed by atoms with Crippen molar-refractivity contribution in [2.75, 3.05) is 33.4 Å². The molecule has 0 spiro atoms. The lowest BCUT2D eigenvalue weighted by Crippen LogP contribution is -2.48. The zero-order chi connectivity index (χ0) is 10.6. The van der Waals surface area contributed by atoms with Crippen LogP contribution in [0.5, 0.6) is 0 Å². The van der Waals surface area contributed by atoms with Gasteiger partial charge in [-0.2, -0.15) is 0 Å². The molecule has 4 nitrogen and oxygen atoms in total. The van der Waals surface area contributed by atoms with E-state index in [-0.39, 0.29) is 16.2 Å². The van der Waals surface area contributed by atoms with Crippen LogP contribution in [0.25, 0.3) is 0 Å². The van der Waals surface area contributed by atoms with Gasteiger partial charge in [0.2, 0.25) is 0 Å². The maximum atomic E-state index is 11.0. The summed E-state index contributed by atoms with van der Waals surface area (Å²) in [6.07, 6.45) is 0. The first-order valence-corrected chi connectivity index (χ1v) is 5.49. The van der Waals surface area contributed by atoms with Gasteiger partial charge in [-0.25, -0.2) is 0 Å². The van der Waals surface area contributed by atoms with E-state index in [2.05, 4.69) is 32.9 Å². The predicted octanol–water partition coefficient (Wildman–Crippen LogP) is 0.549. The number of halogens is 1. The third-order valence-corrected chi connectivity index (χ3v) is 2.93. The van der Waals surface area contributed by atoms with E-state index < -0.39 is 0 Å². The molecule has 1 unspecified atom stereocenters. The van der Waals surface area contributed by atoms with E-state index in [4.69, 9.17) is 4.74 Å². The highest BCUT2D eigenvalue weighted by Crippen LogP contribution is 2.25. The van der Waals surface area contributed by atoms with Crippen molar-refractivity contribution in [3.63, 3.8) is 0 Å². The molecule has 0 aromatic rings. The number of rotatable bonds is 5. The maximum Gasteiger partial charge on any atom is 0.320 e. The van der Waals surface area contributed by atoms with E-state index in [1.165, 1.54) is 7.11 Å². The standard InChI is InChI=1S/C9H16BrNO3/c1-9(5-14-6-9)4-11-3-7(10)8(12)13-2/h7,11H,3-6H2,1-2H3. The number of ether oxygens (including phenoxy) is 2. The Bertz CT molecular complexity index is 206. The largest absolute Gasteiger partial charge is 0.468 e. The van der Waals surface area contributed by atoms with E-state index >= 15 is 0 Å². The van der Waals surface area contributed by atoms with Gasteiger partial charge in [-0.05, 0) is 0 Å². The van der Waals surface area contributed by atoms with E-state index in [1.54, 1.807) is 0 Å². The molecule has 0 radical (unpaired) electrons. The highest BCUT2D eigenvalue weighted by atomic mass is 79.9. The van der Waals surface area contributed by atoms with Crippen molar-refractivity contribution >= 4 is 21.9 Å². The number of alkyl halides is 1. The molecule has 1 fully saturated rings. The summed E-state index contributed by atoms with van der Waals surface area (Å²) in [6, 6.07) is 0. The number of esters is 1. The van der Waals surface area contributed by atoms with Crippen LogP contribution in [0.2, 0.25) is 0 Å². The summed E-state index contributed by atoms with van der Waals surface area (Å²) in [5.74, 6) is -0.243. The summed E-state index contributed by atoms with van der Waals surface area (Å²) in [5, 5.41) is 3.22. The summed E-state index contributed by atoms with van der Waals surface area (Å²) < 4.78 is 9.71.